The highest BCUT2D eigenvalue weighted by atomic mass is 19.2. The van der Waals surface area contributed by atoms with Crippen LogP contribution in [-0.4, -0.2) is 21.9 Å². The number of halogens is 4. The van der Waals surface area contributed by atoms with Crippen LogP contribution in [0.5, 0.6) is 0 Å². The van der Waals surface area contributed by atoms with Gasteiger partial charge < -0.3 is 9.88 Å². The second-order valence-electron chi connectivity index (χ2n) is 12.6. The topological polar surface area (TPSA) is 27.7 Å². The van der Waals surface area contributed by atoms with Gasteiger partial charge in [-0.15, -0.1) is 6.42 Å². The van der Waals surface area contributed by atoms with E-state index in [0.29, 0.717) is 5.70 Å². The summed E-state index contributed by atoms with van der Waals surface area (Å²) < 4.78 is 73.2. The summed E-state index contributed by atoms with van der Waals surface area (Å²) >= 11 is 0. The molecule has 1 spiro atoms. The zero-order valence-corrected chi connectivity index (χ0v) is 27.5. The Kier molecular flexibility index (Phi) is 6.99. The summed E-state index contributed by atoms with van der Waals surface area (Å²) in [4.78, 5) is 0. The SMILES string of the molecule is C#CCNc1c(F)c(F)c(/C2=C3\C=CC=[N+]3C3(c4ccccc4-c4cccc[n+]43)[n+]3ccccc3-c3ccccc3C(=C)n3cccc32)c(F)c1F. The third-order valence-electron chi connectivity index (χ3n) is 9.99. The van der Waals surface area contributed by atoms with Crippen LogP contribution in [0.3, 0.4) is 0 Å². The molecule has 0 bridgehead atoms. The molecule has 3 aliphatic rings. The predicted octanol–water partition coefficient (Wildman–Crippen LogP) is 7.46. The molecule has 3 aromatic carbocycles. The number of fused-ring (bicyclic) bond motifs is 12. The summed E-state index contributed by atoms with van der Waals surface area (Å²) in [5.41, 5.74) is 4.13. The van der Waals surface area contributed by atoms with Crippen LogP contribution < -0.4 is 14.5 Å². The van der Waals surface area contributed by atoms with E-state index < -0.39 is 40.3 Å². The molecule has 0 saturated heterocycles. The average Bonchev–Trinajstić information content (AvgIpc) is 3.93. The van der Waals surface area contributed by atoms with E-state index in [1.807, 2.05) is 108 Å². The van der Waals surface area contributed by atoms with Crippen molar-refractivity contribution in [1.29, 1.82) is 0 Å². The maximum atomic E-state index is 16.7. The van der Waals surface area contributed by atoms with Crippen molar-refractivity contribution in [3.8, 4) is 34.9 Å². The van der Waals surface area contributed by atoms with Gasteiger partial charge in [-0.25, -0.2) is 17.6 Å². The minimum absolute atomic E-state index is 0.0910. The Bertz CT molecular complexity index is 2600. The van der Waals surface area contributed by atoms with Gasteiger partial charge in [0.15, 0.2) is 47.4 Å². The van der Waals surface area contributed by atoms with Crippen molar-refractivity contribution < 1.29 is 31.3 Å². The minimum atomic E-state index is -1.59. The van der Waals surface area contributed by atoms with Crippen molar-refractivity contribution in [1.82, 2.24) is 4.57 Å². The van der Waals surface area contributed by atoms with Crippen LogP contribution in [0, 0.1) is 35.6 Å². The van der Waals surface area contributed by atoms with Crippen molar-refractivity contribution in [3.05, 3.63) is 186 Å². The molecule has 6 aromatic rings. The largest absolute Gasteiger partial charge is 0.590 e. The highest BCUT2D eigenvalue weighted by Gasteiger charge is 2.71. The van der Waals surface area contributed by atoms with Gasteiger partial charge in [0.2, 0.25) is 17.1 Å². The molecule has 5 nitrogen and oxygen atoms in total. The van der Waals surface area contributed by atoms with Crippen LogP contribution >= 0.6 is 0 Å². The Labute approximate surface area is 296 Å². The number of allylic oxidation sites excluding steroid dienone is 2. The van der Waals surface area contributed by atoms with E-state index in [9.17, 15) is 0 Å². The smallest absolute Gasteiger partial charge is 0.369 e. The van der Waals surface area contributed by atoms with Gasteiger partial charge in [-0.2, -0.15) is 0 Å². The third kappa shape index (κ3) is 4.09. The molecule has 1 atom stereocenters. The molecular weight excluding hydrogens is 663 g/mol. The van der Waals surface area contributed by atoms with Crippen LogP contribution in [0.1, 0.15) is 22.4 Å². The van der Waals surface area contributed by atoms with Gasteiger partial charge in [-0.3, -0.25) is 0 Å². The molecule has 0 saturated carbocycles. The third-order valence-corrected chi connectivity index (χ3v) is 9.99. The number of benzene rings is 3. The lowest BCUT2D eigenvalue weighted by Crippen LogP contribution is -2.77. The Morgan fingerprint density at radius 2 is 1.35 bits per heavy atom. The van der Waals surface area contributed by atoms with E-state index in [1.165, 1.54) is 0 Å². The van der Waals surface area contributed by atoms with Gasteiger partial charge >= 0.3 is 5.79 Å². The molecule has 0 fully saturated rings. The average molecular weight is 691 g/mol. The summed E-state index contributed by atoms with van der Waals surface area (Å²) in [5.74, 6) is -5.43. The van der Waals surface area contributed by atoms with Gasteiger partial charge in [0.1, 0.15) is 5.69 Å². The molecule has 1 N–H and O–H groups in total. The molecule has 9 rings (SSSR count). The first kappa shape index (κ1) is 31.2. The number of aromatic nitrogens is 3. The molecule has 9 heteroatoms. The van der Waals surface area contributed by atoms with E-state index >= 15 is 17.6 Å². The lowest BCUT2D eigenvalue weighted by atomic mass is 9.95. The molecule has 0 aliphatic carbocycles. The standard InChI is InChI=1S/C43H27F4N5/c1-3-22-48-42-40(46)38(44)37(39(45)41(42)47)36-34-20-12-23-49(34)27(2)28-14-4-5-15-29(28)32-18-8-10-24-50(32)43(52-26-13-21-35(36)52)31-17-7-6-16-30(31)33-19-9-11-25-51(33)43/h1,4-21,23-26H,2,22H2/q+2/p+1. The molecule has 3 aromatic heterocycles. The second kappa shape index (κ2) is 11.6. The molecule has 1 unspecified atom stereocenters. The van der Waals surface area contributed by atoms with E-state index in [2.05, 4.69) is 27.0 Å². The van der Waals surface area contributed by atoms with E-state index in [-0.39, 0.29) is 23.5 Å². The van der Waals surface area contributed by atoms with Crippen molar-refractivity contribution >= 4 is 23.2 Å². The van der Waals surface area contributed by atoms with Gasteiger partial charge in [0.05, 0.1) is 34.5 Å². The van der Waals surface area contributed by atoms with Crippen molar-refractivity contribution in [3.63, 3.8) is 0 Å². The molecule has 0 radical (unpaired) electrons. The van der Waals surface area contributed by atoms with Gasteiger partial charge in [0.25, 0.3) is 0 Å². The first-order valence-electron chi connectivity index (χ1n) is 16.6. The molecular formula is C43H28F4N5+3. The number of nitrogens with zero attached hydrogens (tertiary/aromatic N) is 4. The van der Waals surface area contributed by atoms with E-state index in [4.69, 9.17) is 6.42 Å². The number of anilines is 1. The summed E-state index contributed by atoms with van der Waals surface area (Å²) in [7, 11) is 0. The quantitative estimate of drug-likeness (QED) is 0.0889. The van der Waals surface area contributed by atoms with Crippen LogP contribution in [0.2, 0.25) is 0 Å². The number of hydrogen-bond donors (Lipinski definition) is 1. The van der Waals surface area contributed by atoms with Crippen LogP contribution in [-0.2, 0) is 5.79 Å². The number of terminal acetylenes is 1. The lowest BCUT2D eigenvalue weighted by Gasteiger charge is -2.21. The van der Waals surface area contributed by atoms with Crippen molar-refractivity contribution in [2.45, 2.75) is 5.79 Å². The minimum Gasteiger partial charge on any atom is -0.369 e. The van der Waals surface area contributed by atoms with Gasteiger partial charge in [-0.05, 0) is 42.5 Å². The fourth-order valence-corrected chi connectivity index (χ4v) is 7.90. The zero-order chi connectivity index (χ0) is 35.7. The van der Waals surface area contributed by atoms with E-state index in [0.717, 1.165) is 33.6 Å². The highest BCUT2D eigenvalue weighted by molar-refractivity contribution is 5.89. The fourth-order valence-electron chi connectivity index (χ4n) is 7.90. The fraction of sp³-hybridized carbons (Fsp3) is 0.0465. The molecule has 0 amide bonds. The number of pyridine rings is 2. The Morgan fingerprint density at radius 1 is 0.731 bits per heavy atom. The Hall–Kier alpha value is -6.79. The summed E-state index contributed by atoms with van der Waals surface area (Å²) in [5, 5.41) is 2.30. The van der Waals surface area contributed by atoms with Crippen LogP contribution in [0.25, 0.3) is 33.8 Å². The van der Waals surface area contributed by atoms with Gasteiger partial charge in [-0.1, -0.05) is 56.5 Å². The van der Waals surface area contributed by atoms with Gasteiger partial charge in [0, 0.05) is 53.9 Å². The Morgan fingerprint density at radius 3 is 2.04 bits per heavy atom. The second-order valence-corrected chi connectivity index (χ2v) is 12.6. The first-order chi connectivity index (χ1) is 25.4. The Balaban J connectivity index is 1.51. The molecule has 52 heavy (non-hydrogen) atoms. The number of nitrogens with one attached hydrogen (secondary N) is 1. The zero-order valence-electron chi connectivity index (χ0n) is 27.5. The van der Waals surface area contributed by atoms with Crippen molar-refractivity contribution in [2.75, 3.05) is 11.9 Å². The maximum Gasteiger partial charge on any atom is 0.590 e. The predicted molar refractivity (Wildman–Crippen MR) is 191 cm³/mol. The molecule has 6 heterocycles. The highest BCUT2D eigenvalue weighted by Crippen LogP contribution is 2.45. The summed E-state index contributed by atoms with van der Waals surface area (Å²) in [6.45, 7) is 4.13. The monoisotopic (exact) mass is 690 g/mol. The first-order valence-corrected chi connectivity index (χ1v) is 16.6. The summed E-state index contributed by atoms with van der Waals surface area (Å²) in [6, 6.07) is 30.9. The van der Waals surface area contributed by atoms with E-state index in [1.54, 1.807) is 35.0 Å². The lowest BCUT2D eigenvalue weighted by molar-refractivity contribution is -1.10. The molecule has 250 valence electrons. The maximum absolute atomic E-state index is 16.7. The number of hydrogen-bond acceptors (Lipinski definition) is 1. The van der Waals surface area contributed by atoms with Crippen molar-refractivity contribution in [2.24, 2.45) is 0 Å². The van der Waals surface area contributed by atoms with Crippen LogP contribution in [0.4, 0.5) is 23.2 Å². The summed E-state index contributed by atoms with van der Waals surface area (Å²) in [6.07, 6.45) is 16.2. The number of rotatable bonds is 3. The molecule has 3 aliphatic heterocycles. The normalized spacial score (nSPS) is 18.0. The van der Waals surface area contributed by atoms with Crippen LogP contribution in [0.15, 0.2) is 140 Å².